The molecule has 2 aromatic rings. The fraction of sp³-hybridized carbons (Fsp3) is 0.400. The molecule has 2 N–H and O–H groups in total. The molecule has 1 saturated heterocycles. The number of aromatic nitrogens is 1. The highest BCUT2D eigenvalue weighted by Crippen LogP contribution is 2.17. The smallest absolute Gasteiger partial charge is 0.191 e. The topological polar surface area (TPSA) is 52.6 Å². The minimum absolute atomic E-state index is 0. The third-order valence-corrected chi connectivity index (χ3v) is 4.47. The molecule has 5 nitrogen and oxygen atoms in total. The Morgan fingerprint density at radius 1 is 1.04 bits per heavy atom. The van der Waals surface area contributed by atoms with Crippen molar-refractivity contribution < 1.29 is 0 Å². The van der Waals surface area contributed by atoms with E-state index in [9.17, 15) is 0 Å². The van der Waals surface area contributed by atoms with Gasteiger partial charge in [-0.1, -0.05) is 36.4 Å². The van der Waals surface area contributed by atoms with Crippen LogP contribution in [0, 0.1) is 0 Å². The fourth-order valence-electron chi connectivity index (χ4n) is 3.03. The van der Waals surface area contributed by atoms with Crippen molar-refractivity contribution in [2.75, 3.05) is 31.6 Å². The van der Waals surface area contributed by atoms with E-state index in [1.54, 1.807) is 7.05 Å². The van der Waals surface area contributed by atoms with Gasteiger partial charge >= 0.3 is 0 Å². The summed E-state index contributed by atoms with van der Waals surface area (Å²) in [6.07, 6.45) is 5.48. The van der Waals surface area contributed by atoms with Crippen LogP contribution in [-0.4, -0.2) is 37.6 Å². The van der Waals surface area contributed by atoms with Crippen LogP contribution in [0.4, 0.5) is 5.82 Å². The van der Waals surface area contributed by atoms with Gasteiger partial charge in [0.2, 0.25) is 0 Å². The van der Waals surface area contributed by atoms with Crippen molar-refractivity contribution in [2.45, 2.75) is 25.8 Å². The molecule has 140 valence electrons. The van der Waals surface area contributed by atoms with Gasteiger partial charge in [0.1, 0.15) is 5.82 Å². The van der Waals surface area contributed by atoms with E-state index in [-0.39, 0.29) is 24.0 Å². The molecule has 26 heavy (non-hydrogen) atoms. The zero-order chi connectivity index (χ0) is 17.3. The van der Waals surface area contributed by atoms with Crippen LogP contribution in [-0.2, 0) is 13.0 Å². The van der Waals surface area contributed by atoms with Gasteiger partial charge in [0.15, 0.2) is 5.96 Å². The second kappa shape index (κ2) is 11.0. The van der Waals surface area contributed by atoms with Crippen LogP contribution in [0.25, 0.3) is 0 Å². The first-order chi connectivity index (χ1) is 12.3. The largest absolute Gasteiger partial charge is 0.357 e. The molecule has 0 spiro atoms. The molecule has 2 heterocycles. The molecule has 0 aliphatic carbocycles. The Hall–Kier alpha value is -1.83. The predicted molar refractivity (Wildman–Crippen MR) is 119 cm³/mol. The maximum absolute atomic E-state index is 4.59. The normalized spacial score (nSPS) is 14.0. The van der Waals surface area contributed by atoms with E-state index in [0.717, 1.165) is 49.9 Å². The SMILES string of the molecule is CN=C(NCCc1ccccc1)NCc1ccc(N2CCCC2)nc1.I. The lowest BCUT2D eigenvalue weighted by molar-refractivity contribution is 0.792. The quantitative estimate of drug-likeness (QED) is 0.391. The number of aliphatic imine (C=N–C) groups is 1. The molecule has 1 aliphatic heterocycles. The summed E-state index contributed by atoms with van der Waals surface area (Å²) in [5.41, 5.74) is 2.49. The summed E-state index contributed by atoms with van der Waals surface area (Å²) in [6, 6.07) is 14.7. The molecule has 0 amide bonds. The van der Waals surface area contributed by atoms with Gasteiger partial charge in [-0.15, -0.1) is 24.0 Å². The second-order valence-corrected chi connectivity index (χ2v) is 6.31. The Morgan fingerprint density at radius 2 is 1.81 bits per heavy atom. The number of nitrogens with one attached hydrogen (secondary N) is 2. The van der Waals surface area contributed by atoms with Gasteiger partial charge in [0.05, 0.1) is 0 Å². The number of anilines is 1. The highest BCUT2D eigenvalue weighted by molar-refractivity contribution is 14.0. The lowest BCUT2D eigenvalue weighted by Crippen LogP contribution is -2.37. The average molecular weight is 465 g/mol. The molecule has 3 rings (SSSR count). The number of nitrogens with zero attached hydrogens (tertiary/aromatic N) is 3. The number of rotatable bonds is 6. The van der Waals surface area contributed by atoms with Crippen molar-refractivity contribution in [3.8, 4) is 0 Å². The Labute approximate surface area is 173 Å². The maximum atomic E-state index is 4.59. The van der Waals surface area contributed by atoms with E-state index in [4.69, 9.17) is 0 Å². The number of hydrogen-bond acceptors (Lipinski definition) is 3. The predicted octanol–water partition coefficient (Wildman–Crippen LogP) is 3.21. The second-order valence-electron chi connectivity index (χ2n) is 6.31. The van der Waals surface area contributed by atoms with Gasteiger partial charge in [-0.25, -0.2) is 4.98 Å². The standard InChI is InChI=1S/C20H27N5.HI/c1-21-20(22-12-11-17-7-3-2-4-8-17)24-16-18-9-10-19(23-15-18)25-13-5-6-14-25;/h2-4,7-10,15H,5-6,11-14,16H2,1H3,(H2,21,22,24);1H. The Balaban J connectivity index is 0.00000243. The van der Waals surface area contributed by atoms with Crippen LogP contribution >= 0.6 is 24.0 Å². The molecular weight excluding hydrogens is 437 g/mol. The van der Waals surface area contributed by atoms with Crippen LogP contribution in [0.3, 0.4) is 0 Å². The van der Waals surface area contributed by atoms with E-state index in [2.05, 4.69) is 61.9 Å². The number of guanidine groups is 1. The molecule has 0 saturated carbocycles. The first-order valence-electron chi connectivity index (χ1n) is 9.03. The summed E-state index contributed by atoms with van der Waals surface area (Å²) in [5.74, 6) is 1.91. The molecule has 0 bridgehead atoms. The third kappa shape index (κ3) is 6.16. The Kier molecular flexibility index (Phi) is 8.67. The van der Waals surface area contributed by atoms with Crippen LogP contribution in [0.5, 0.6) is 0 Å². The summed E-state index contributed by atoms with van der Waals surface area (Å²) >= 11 is 0. The summed E-state index contributed by atoms with van der Waals surface area (Å²) in [5, 5.41) is 6.70. The van der Waals surface area contributed by atoms with Gasteiger partial charge in [-0.05, 0) is 36.5 Å². The van der Waals surface area contributed by atoms with E-state index >= 15 is 0 Å². The molecule has 1 aliphatic rings. The van der Waals surface area contributed by atoms with Crippen molar-refractivity contribution in [3.05, 3.63) is 59.8 Å². The minimum Gasteiger partial charge on any atom is -0.357 e. The Morgan fingerprint density at radius 3 is 2.46 bits per heavy atom. The van der Waals surface area contributed by atoms with E-state index in [1.165, 1.54) is 18.4 Å². The number of pyridine rings is 1. The molecule has 0 atom stereocenters. The zero-order valence-corrected chi connectivity index (χ0v) is 17.6. The van der Waals surface area contributed by atoms with Crippen LogP contribution < -0.4 is 15.5 Å². The molecule has 1 aromatic heterocycles. The average Bonchev–Trinajstić information content (AvgIpc) is 3.20. The maximum Gasteiger partial charge on any atom is 0.191 e. The molecular formula is C20H28IN5. The molecule has 0 unspecified atom stereocenters. The van der Waals surface area contributed by atoms with Crippen molar-refractivity contribution in [2.24, 2.45) is 4.99 Å². The summed E-state index contributed by atoms with van der Waals surface area (Å²) in [7, 11) is 1.80. The van der Waals surface area contributed by atoms with Crippen LogP contribution in [0.2, 0.25) is 0 Å². The lowest BCUT2D eigenvalue weighted by Gasteiger charge is -2.16. The number of benzene rings is 1. The minimum atomic E-state index is 0. The fourth-order valence-corrected chi connectivity index (χ4v) is 3.03. The molecule has 1 fully saturated rings. The van der Waals surface area contributed by atoms with Gasteiger partial charge in [0.25, 0.3) is 0 Å². The zero-order valence-electron chi connectivity index (χ0n) is 15.3. The monoisotopic (exact) mass is 465 g/mol. The van der Waals surface area contributed by atoms with E-state index in [0.29, 0.717) is 0 Å². The van der Waals surface area contributed by atoms with Gasteiger partial charge < -0.3 is 15.5 Å². The van der Waals surface area contributed by atoms with Gasteiger partial charge in [-0.3, -0.25) is 4.99 Å². The highest BCUT2D eigenvalue weighted by Gasteiger charge is 2.12. The highest BCUT2D eigenvalue weighted by atomic mass is 127. The number of halogens is 1. The van der Waals surface area contributed by atoms with Crippen LogP contribution in [0.1, 0.15) is 24.0 Å². The number of hydrogen-bond donors (Lipinski definition) is 2. The first kappa shape index (κ1) is 20.5. The summed E-state index contributed by atoms with van der Waals surface area (Å²) in [4.78, 5) is 11.2. The Bertz CT molecular complexity index is 666. The van der Waals surface area contributed by atoms with E-state index in [1.807, 2.05) is 12.3 Å². The van der Waals surface area contributed by atoms with Gasteiger partial charge in [0, 0.05) is 39.4 Å². The van der Waals surface area contributed by atoms with Gasteiger partial charge in [-0.2, -0.15) is 0 Å². The van der Waals surface area contributed by atoms with Crippen molar-refractivity contribution >= 4 is 35.8 Å². The van der Waals surface area contributed by atoms with Crippen LogP contribution in [0.15, 0.2) is 53.7 Å². The third-order valence-electron chi connectivity index (χ3n) is 4.47. The lowest BCUT2D eigenvalue weighted by atomic mass is 10.1. The molecule has 6 heteroatoms. The molecule has 1 aromatic carbocycles. The summed E-state index contributed by atoms with van der Waals surface area (Å²) < 4.78 is 0. The van der Waals surface area contributed by atoms with Crippen molar-refractivity contribution in [1.29, 1.82) is 0 Å². The van der Waals surface area contributed by atoms with Crippen molar-refractivity contribution in [3.63, 3.8) is 0 Å². The molecule has 0 radical (unpaired) electrons. The van der Waals surface area contributed by atoms with Crippen molar-refractivity contribution in [1.82, 2.24) is 15.6 Å². The van der Waals surface area contributed by atoms with E-state index < -0.39 is 0 Å². The summed E-state index contributed by atoms with van der Waals surface area (Å²) in [6.45, 7) is 3.83. The first-order valence-corrected chi connectivity index (χ1v) is 9.03.